The highest BCUT2D eigenvalue weighted by Crippen LogP contribution is 2.42. The highest BCUT2D eigenvalue weighted by Gasteiger charge is 2.17. The van der Waals surface area contributed by atoms with Gasteiger partial charge in [0.05, 0.1) is 0 Å². The molecule has 1 heterocycles. The van der Waals surface area contributed by atoms with Crippen LogP contribution in [0.2, 0.25) is 0 Å². The summed E-state index contributed by atoms with van der Waals surface area (Å²) in [4.78, 5) is 0. The zero-order valence-electron chi connectivity index (χ0n) is 8.73. The maximum absolute atomic E-state index is 2.28. The van der Waals surface area contributed by atoms with E-state index in [9.17, 15) is 0 Å². The summed E-state index contributed by atoms with van der Waals surface area (Å²) in [5.74, 6) is 1.22. The molecule has 0 nitrogen and oxygen atoms in total. The number of hydrogen-bond acceptors (Lipinski definition) is 0. The molecule has 0 radical (unpaired) electrons. The summed E-state index contributed by atoms with van der Waals surface area (Å²) in [6.45, 7) is 2.28. The lowest BCUT2D eigenvalue weighted by atomic mass is 10.2. The van der Waals surface area contributed by atoms with Crippen molar-refractivity contribution in [2.75, 3.05) is 0 Å². The predicted molar refractivity (Wildman–Crippen MR) is 69.6 cm³/mol. The minimum absolute atomic E-state index is 0.316. The Morgan fingerprint density at radius 1 is 0.800 bits per heavy atom. The summed E-state index contributed by atoms with van der Waals surface area (Å²) in [5, 5.41) is 2.89. The number of hydrogen-bond donors (Lipinski definition) is 0. The van der Waals surface area contributed by atoms with Crippen LogP contribution in [0.3, 0.4) is 0 Å². The normalized spacial score (nSPS) is 11.3. The van der Waals surface area contributed by atoms with Gasteiger partial charge in [0.1, 0.15) is 5.75 Å². The van der Waals surface area contributed by atoms with Crippen molar-refractivity contribution in [2.24, 2.45) is 0 Å². The number of fused-ring (bicyclic) bond motifs is 3. The van der Waals surface area contributed by atoms with Crippen LogP contribution >= 0.6 is 10.5 Å². The highest BCUT2D eigenvalue weighted by molar-refractivity contribution is 7.42. The second kappa shape index (κ2) is 3.35. The topological polar surface area (TPSA) is 0 Å². The van der Waals surface area contributed by atoms with Crippen molar-refractivity contribution in [3.8, 4) is 0 Å². The molecule has 0 atom stereocenters. The van der Waals surface area contributed by atoms with E-state index < -0.39 is 0 Å². The second-order valence-electron chi connectivity index (χ2n) is 3.67. The zero-order valence-corrected chi connectivity index (χ0v) is 9.55. The van der Waals surface area contributed by atoms with Crippen molar-refractivity contribution in [1.82, 2.24) is 0 Å². The molecule has 0 bridgehead atoms. The van der Waals surface area contributed by atoms with Gasteiger partial charge in [-0.05, 0) is 41.7 Å². The predicted octanol–water partition coefficient (Wildman–Crippen LogP) is 4.76. The van der Waals surface area contributed by atoms with Gasteiger partial charge < -0.3 is 0 Å². The minimum atomic E-state index is 0.316. The monoisotopic (exact) mass is 213 g/mol. The van der Waals surface area contributed by atoms with Crippen molar-refractivity contribution < 1.29 is 0 Å². The van der Waals surface area contributed by atoms with Crippen LogP contribution in [-0.2, 0) is 5.75 Å². The van der Waals surface area contributed by atoms with Crippen LogP contribution in [0.25, 0.3) is 20.2 Å². The summed E-state index contributed by atoms with van der Waals surface area (Å²) in [5.41, 5.74) is 0. The van der Waals surface area contributed by atoms with E-state index in [1.807, 2.05) is 0 Å². The molecule has 3 rings (SSSR count). The van der Waals surface area contributed by atoms with Crippen LogP contribution in [0, 0.1) is 0 Å². The molecule has 0 N–H and O–H groups in total. The lowest BCUT2D eigenvalue weighted by Gasteiger charge is -1.85. The van der Waals surface area contributed by atoms with Gasteiger partial charge >= 0.3 is 0 Å². The SMILES string of the molecule is CC[s+]1c2ccccc2c2ccccc21. The molecule has 0 aliphatic carbocycles. The van der Waals surface area contributed by atoms with Crippen LogP contribution in [0.15, 0.2) is 48.5 Å². The maximum atomic E-state index is 2.28. The summed E-state index contributed by atoms with van der Waals surface area (Å²) in [6, 6.07) is 17.6. The summed E-state index contributed by atoms with van der Waals surface area (Å²) in [6.07, 6.45) is 0. The van der Waals surface area contributed by atoms with Crippen molar-refractivity contribution in [3.05, 3.63) is 48.5 Å². The standard InChI is InChI=1S/C14H13S/c1-2-15-13-9-5-3-7-11(13)12-8-4-6-10-14(12)15/h3-10H,2H2,1H3/q+1. The van der Waals surface area contributed by atoms with E-state index in [1.165, 1.54) is 25.9 Å². The Balaban J connectivity index is 2.62. The van der Waals surface area contributed by atoms with Gasteiger partial charge in [-0.1, -0.05) is 24.3 Å². The highest BCUT2D eigenvalue weighted by atomic mass is 32.2. The molecule has 1 heteroatoms. The van der Waals surface area contributed by atoms with E-state index in [0.717, 1.165) is 0 Å². The van der Waals surface area contributed by atoms with Crippen molar-refractivity contribution in [1.29, 1.82) is 0 Å². The van der Waals surface area contributed by atoms with Gasteiger partial charge in [-0.2, -0.15) is 0 Å². The Kier molecular flexibility index (Phi) is 2.00. The lowest BCUT2D eigenvalue weighted by molar-refractivity contribution is 1.38. The molecular weight excluding hydrogens is 200 g/mol. The second-order valence-corrected chi connectivity index (χ2v) is 5.91. The molecule has 0 aliphatic heterocycles. The Labute approximate surface area is 92.1 Å². The van der Waals surface area contributed by atoms with E-state index >= 15 is 0 Å². The molecule has 1 aromatic heterocycles. The van der Waals surface area contributed by atoms with Gasteiger partial charge in [0.25, 0.3) is 0 Å². The van der Waals surface area contributed by atoms with E-state index in [2.05, 4.69) is 55.5 Å². The number of rotatable bonds is 1. The minimum Gasteiger partial charge on any atom is -0.0612 e. The van der Waals surface area contributed by atoms with Crippen molar-refractivity contribution in [3.63, 3.8) is 0 Å². The average Bonchev–Trinajstić information content (AvgIpc) is 2.63. The molecule has 0 saturated carbocycles. The molecule has 15 heavy (non-hydrogen) atoms. The van der Waals surface area contributed by atoms with Crippen LogP contribution in [-0.4, -0.2) is 0 Å². The first-order chi connectivity index (χ1) is 7.42. The lowest BCUT2D eigenvalue weighted by Crippen LogP contribution is -1.63. The first-order valence-corrected chi connectivity index (χ1v) is 6.70. The molecule has 74 valence electrons. The van der Waals surface area contributed by atoms with Crippen LogP contribution in [0.1, 0.15) is 6.92 Å². The number of benzene rings is 2. The molecule has 0 fully saturated rings. The Hall–Kier alpha value is -1.34. The third-order valence-electron chi connectivity index (χ3n) is 2.88. The summed E-state index contributed by atoms with van der Waals surface area (Å²) in [7, 11) is 0.316. The quantitative estimate of drug-likeness (QED) is 0.511. The average molecular weight is 213 g/mol. The Morgan fingerprint density at radius 3 is 1.73 bits per heavy atom. The summed E-state index contributed by atoms with van der Waals surface area (Å²) < 4.78 is 3.06. The maximum Gasteiger partial charge on any atom is 0.181 e. The fourth-order valence-electron chi connectivity index (χ4n) is 2.24. The fraction of sp³-hybridized carbons (Fsp3) is 0.143. The first-order valence-electron chi connectivity index (χ1n) is 5.31. The molecule has 0 aliphatic rings. The van der Waals surface area contributed by atoms with Crippen molar-refractivity contribution >= 4 is 30.6 Å². The number of aryl methyl sites for hydroxylation is 1. The zero-order chi connectivity index (χ0) is 10.3. The molecule has 0 saturated heterocycles. The summed E-state index contributed by atoms with van der Waals surface area (Å²) >= 11 is 0. The van der Waals surface area contributed by atoms with E-state index in [-0.39, 0.29) is 0 Å². The smallest absolute Gasteiger partial charge is 0.0612 e. The Bertz CT molecular complexity index is 566. The third kappa shape index (κ3) is 1.20. The molecule has 3 aromatic rings. The van der Waals surface area contributed by atoms with E-state index in [4.69, 9.17) is 0 Å². The van der Waals surface area contributed by atoms with E-state index in [1.54, 1.807) is 0 Å². The molecule has 0 unspecified atom stereocenters. The van der Waals surface area contributed by atoms with Gasteiger partial charge in [0.15, 0.2) is 9.40 Å². The fourth-order valence-corrected chi connectivity index (χ4v) is 4.47. The van der Waals surface area contributed by atoms with Crippen molar-refractivity contribution in [2.45, 2.75) is 12.7 Å². The third-order valence-corrected chi connectivity index (χ3v) is 5.24. The molecular formula is C14H13S+. The Morgan fingerprint density at radius 2 is 1.27 bits per heavy atom. The van der Waals surface area contributed by atoms with E-state index in [0.29, 0.717) is 10.5 Å². The van der Waals surface area contributed by atoms with Gasteiger partial charge in [-0.15, -0.1) is 0 Å². The van der Waals surface area contributed by atoms with Gasteiger partial charge in [-0.25, -0.2) is 0 Å². The molecule has 0 amide bonds. The molecule has 2 aromatic carbocycles. The van der Waals surface area contributed by atoms with Crippen LogP contribution in [0.5, 0.6) is 0 Å². The largest absolute Gasteiger partial charge is 0.181 e. The van der Waals surface area contributed by atoms with Gasteiger partial charge in [0, 0.05) is 10.8 Å². The number of thiophene rings is 1. The van der Waals surface area contributed by atoms with Crippen LogP contribution in [0.4, 0.5) is 0 Å². The first kappa shape index (κ1) is 8.93. The van der Waals surface area contributed by atoms with Gasteiger partial charge in [0.2, 0.25) is 0 Å². The molecule has 0 spiro atoms. The van der Waals surface area contributed by atoms with Gasteiger partial charge in [-0.3, -0.25) is 0 Å². The van der Waals surface area contributed by atoms with Crippen LogP contribution < -0.4 is 0 Å².